The zero-order valence-corrected chi connectivity index (χ0v) is 16.2. The molecule has 0 spiro atoms. The third kappa shape index (κ3) is 4.29. The van der Waals surface area contributed by atoms with Crippen LogP contribution in [0.5, 0.6) is 0 Å². The van der Waals surface area contributed by atoms with Gasteiger partial charge in [0.25, 0.3) is 5.16 Å². The van der Waals surface area contributed by atoms with Crippen molar-refractivity contribution in [1.29, 1.82) is 0 Å². The highest BCUT2D eigenvalue weighted by Crippen LogP contribution is 2.19. The van der Waals surface area contributed by atoms with Gasteiger partial charge in [0.2, 0.25) is 11.1 Å². The highest BCUT2D eigenvalue weighted by atomic mass is 35.5. The molecule has 0 radical (unpaired) electrons. The lowest BCUT2D eigenvalue weighted by Crippen LogP contribution is -2.18. The Kier molecular flexibility index (Phi) is 6.52. The number of halogens is 1. The van der Waals surface area contributed by atoms with Crippen LogP contribution < -0.4 is 11.4 Å². The molecular weight excluding hydrogens is 378 g/mol. The standard InChI is InChI=1S/C13H12ClN5O3S.C3H8/c1-6-4-7(2-3-8(6)14)5-19-11-9(16-13(19)20)10(15)17-12(18-11)23(21)22;1-3-2/h2-4H,5H2,1H3,(H,16,20)(H,21,22)(H2,15,17,18);3H2,1-2H3. The Morgan fingerprint density at radius 3 is 2.58 bits per heavy atom. The number of H-pyrrole nitrogens is 1. The number of benzene rings is 1. The highest BCUT2D eigenvalue weighted by molar-refractivity contribution is 7.79. The van der Waals surface area contributed by atoms with Crippen LogP contribution in [0.3, 0.4) is 0 Å². The Bertz CT molecular complexity index is 1020. The van der Waals surface area contributed by atoms with Crippen molar-refractivity contribution in [2.75, 3.05) is 5.73 Å². The van der Waals surface area contributed by atoms with Crippen molar-refractivity contribution >= 4 is 39.7 Å². The van der Waals surface area contributed by atoms with Crippen LogP contribution >= 0.6 is 11.6 Å². The predicted octanol–water partition coefficient (Wildman–Crippen LogP) is 2.71. The van der Waals surface area contributed by atoms with Gasteiger partial charge in [0.1, 0.15) is 5.52 Å². The van der Waals surface area contributed by atoms with E-state index in [-0.39, 0.29) is 28.7 Å². The largest absolute Gasteiger partial charge is 0.382 e. The van der Waals surface area contributed by atoms with Gasteiger partial charge in [-0.1, -0.05) is 44.0 Å². The molecule has 0 aliphatic heterocycles. The fraction of sp³-hybridized carbons (Fsp3) is 0.312. The third-order valence-electron chi connectivity index (χ3n) is 3.35. The molecule has 10 heteroatoms. The second kappa shape index (κ2) is 8.43. The Morgan fingerprint density at radius 1 is 1.35 bits per heavy atom. The Balaban J connectivity index is 0.000000758. The van der Waals surface area contributed by atoms with Crippen molar-refractivity contribution in [3.63, 3.8) is 0 Å². The van der Waals surface area contributed by atoms with E-state index in [1.165, 1.54) is 11.0 Å². The maximum Gasteiger partial charge on any atom is 0.328 e. The summed E-state index contributed by atoms with van der Waals surface area (Å²) >= 11 is 3.60. The van der Waals surface area contributed by atoms with Crippen molar-refractivity contribution in [2.45, 2.75) is 38.9 Å². The van der Waals surface area contributed by atoms with Crippen LogP contribution in [0.4, 0.5) is 5.82 Å². The normalized spacial score (nSPS) is 11.9. The zero-order valence-electron chi connectivity index (χ0n) is 14.6. The third-order valence-corrected chi connectivity index (χ3v) is 4.27. The smallest absolute Gasteiger partial charge is 0.328 e. The number of hydrogen-bond donors (Lipinski definition) is 3. The van der Waals surface area contributed by atoms with Crippen LogP contribution in [0.25, 0.3) is 11.2 Å². The summed E-state index contributed by atoms with van der Waals surface area (Å²) in [6.07, 6.45) is 1.25. The average Bonchev–Trinajstić information content (AvgIpc) is 2.88. The van der Waals surface area contributed by atoms with Crippen LogP contribution in [-0.2, 0) is 17.6 Å². The minimum Gasteiger partial charge on any atom is -0.382 e. The van der Waals surface area contributed by atoms with Crippen molar-refractivity contribution in [2.24, 2.45) is 0 Å². The molecular formula is C16H20ClN5O3S. The Hall–Kier alpha value is -2.23. The van der Waals surface area contributed by atoms with Crippen molar-refractivity contribution in [3.8, 4) is 0 Å². The van der Waals surface area contributed by atoms with E-state index in [2.05, 4.69) is 28.8 Å². The monoisotopic (exact) mass is 397 g/mol. The molecule has 3 aromatic rings. The molecule has 26 heavy (non-hydrogen) atoms. The molecule has 0 aliphatic carbocycles. The summed E-state index contributed by atoms with van der Waals surface area (Å²) in [6.45, 7) is 6.32. The first kappa shape index (κ1) is 20.1. The van der Waals surface area contributed by atoms with E-state index >= 15 is 0 Å². The van der Waals surface area contributed by atoms with Gasteiger partial charge in [0.15, 0.2) is 11.5 Å². The summed E-state index contributed by atoms with van der Waals surface area (Å²) in [4.78, 5) is 22.4. The molecule has 0 bridgehead atoms. The fourth-order valence-electron chi connectivity index (χ4n) is 2.24. The molecule has 2 aromatic heterocycles. The predicted molar refractivity (Wildman–Crippen MR) is 103 cm³/mol. The zero-order chi connectivity index (χ0) is 19.4. The van der Waals surface area contributed by atoms with Gasteiger partial charge < -0.3 is 10.7 Å². The number of anilines is 1. The van der Waals surface area contributed by atoms with Gasteiger partial charge in [-0.25, -0.2) is 9.00 Å². The van der Waals surface area contributed by atoms with E-state index < -0.39 is 16.8 Å². The summed E-state index contributed by atoms with van der Waals surface area (Å²) in [5, 5.41) is 0.277. The van der Waals surface area contributed by atoms with E-state index in [0.29, 0.717) is 5.02 Å². The topological polar surface area (TPSA) is 127 Å². The number of hydrogen-bond acceptors (Lipinski definition) is 5. The fourth-order valence-corrected chi connectivity index (χ4v) is 2.70. The summed E-state index contributed by atoms with van der Waals surface area (Å²) in [7, 11) is 0. The molecule has 4 N–H and O–H groups in total. The second-order valence-corrected chi connectivity index (χ2v) is 6.92. The number of nitrogen functional groups attached to an aromatic ring is 1. The minimum absolute atomic E-state index is 0.0597. The first-order valence-corrected chi connectivity index (χ1v) is 9.38. The number of imidazole rings is 1. The number of aromatic amines is 1. The lowest BCUT2D eigenvalue weighted by Gasteiger charge is -2.06. The van der Waals surface area contributed by atoms with Crippen LogP contribution in [-0.4, -0.2) is 28.3 Å². The maximum atomic E-state index is 12.1. The number of nitrogens with zero attached hydrogens (tertiary/aromatic N) is 3. The molecule has 0 aliphatic rings. The summed E-state index contributed by atoms with van der Waals surface area (Å²) in [5.41, 5.74) is 7.40. The molecule has 140 valence electrons. The van der Waals surface area contributed by atoms with Crippen molar-refractivity contribution < 1.29 is 8.76 Å². The molecule has 8 nitrogen and oxygen atoms in total. The molecule has 1 atom stereocenters. The average molecular weight is 398 g/mol. The second-order valence-electron chi connectivity index (χ2n) is 5.65. The van der Waals surface area contributed by atoms with E-state index in [4.69, 9.17) is 21.9 Å². The molecule has 3 rings (SSSR count). The quantitative estimate of drug-likeness (QED) is 0.460. The number of fused-ring (bicyclic) bond motifs is 1. The van der Waals surface area contributed by atoms with Gasteiger partial charge in [0.05, 0.1) is 6.54 Å². The number of aryl methyl sites for hydroxylation is 1. The van der Waals surface area contributed by atoms with E-state index in [9.17, 15) is 9.00 Å². The number of nitrogens with one attached hydrogen (secondary N) is 1. The SMILES string of the molecule is CCC.Cc1cc(Cn2c(=O)[nH]c3c(N)nc(S(=O)O)nc32)ccc1Cl. The van der Waals surface area contributed by atoms with Crippen LogP contribution in [0.2, 0.25) is 5.02 Å². The Labute approximate surface area is 157 Å². The van der Waals surface area contributed by atoms with Gasteiger partial charge in [-0.3, -0.25) is 9.12 Å². The van der Waals surface area contributed by atoms with Gasteiger partial charge in [0, 0.05) is 5.02 Å². The number of nitrogens with two attached hydrogens (primary N) is 1. The molecule has 1 unspecified atom stereocenters. The van der Waals surface area contributed by atoms with Gasteiger partial charge >= 0.3 is 5.69 Å². The summed E-state index contributed by atoms with van der Waals surface area (Å²) in [6, 6.07) is 5.38. The highest BCUT2D eigenvalue weighted by Gasteiger charge is 2.16. The van der Waals surface area contributed by atoms with Crippen LogP contribution in [0, 0.1) is 6.92 Å². The van der Waals surface area contributed by atoms with Gasteiger partial charge in [-0.15, -0.1) is 0 Å². The molecule has 0 saturated carbocycles. The lowest BCUT2D eigenvalue weighted by molar-refractivity contribution is 0.555. The van der Waals surface area contributed by atoms with E-state index in [1.54, 1.807) is 12.1 Å². The maximum absolute atomic E-state index is 12.1. The molecule has 0 fully saturated rings. The summed E-state index contributed by atoms with van der Waals surface area (Å²) in [5.74, 6) is -0.0597. The number of rotatable bonds is 3. The molecule has 1 aromatic carbocycles. The van der Waals surface area contributed by atoms with Crippen LogP contribution in [0.15, 0.2) is 28.2 Å². The molecule has 0 amide bonds. The van der Waals surface area contributed by atoms with Crippen molar-refractivity contribution in [1.82, 2.24) is 19.5 Å². The van der Waals surface area contributed by atoms with Gasteiger partial charge in [-0.05, 0) is 24.1 Å². The first-order valence-electron chi connectivity index (χ1n) is 7.90. The van der Waals surface area contributed by atoms with E-state index in [1.807, 2.05) is 13.0 Å². The van der Waals surface area contributed by atoms with Crippen LogP contribution in [0.1, 0.15) is 31.4 Å². The first-order chi connectivity index (χ1) is 12.3. The lowest BCUT2D eigenvalue weighted by atomic mass is 10.1. The van der Waals surface area contributed by atoms with Gasteiger partial charge in [-0.2, -0.15) is 9.97 Å². The van der Waals surface area contributed by atoms with E-state index in [0.717, 1.165) is 11.1 Å². The minimum atomic E-state index is -2.40. The summed E-state index contributed by atoms with van der Waals surface area (Å²) < 4.78 is 21.6. The number of aromatic nitrogens is 4. The molecule has 0 saturated heterocycles. The van der Waals surface area contributed by atoms with Crippen molar-refractivity contribution in [3.05, 3.63) is 44.8 Å². The molecule has 2 heterocycles. The Morgan fingerprint density at radius 2 is 2.00 bits per heavy atom.